The van der Waals surface area contributed by atoms with E-state index in [1.54, 1.807) is 4.90 Å². The molecule has 0 radical (unpaired) electrons. The Morgan fingerprint density at radius 2 is 1.88 bits per heavy atom. The van der Waals surface area contributed by atoms with Crippen LogP contribution in [0.1, 0.15) is 80.1 Å². The van der Waals surface area contributed by atoms with Gasteiger partial charge in [0.25, 0.3) is 0 Å². The molecule has 3 aliphatic rings. The third-order valence-electron chi connectivity index (χ3n) is 7.75. The zero-order valence-corrected chi connectivity index (χ0v) is 21.1. The molecule has 33 heavy (non-hydrogen) atoms. The maximum absolute atomic E-state index is 14.0. The summed E-state index contributed by atoms with van der Waals surface area (Å²) in [4.78, 5) is 42.5. The first kappa shape index (κ1) is 25.9. The van der Waals surface area contributed by atoms with Crippen LogP contribution in [-0.2, 0) is 19.1 Å². The number of rotatable bonds is 11. The number of ether oxygens (including phenoxy) is 1. The molecule has 3 rings (SSSR count). The standard InChI is InChI=1S/C25H43N3O5/c1-7-9-16(5)27-22(31)20-25-11-10-24(6,33-25)18(21(30)26-12-8-2)19(25)23(32)28(20)17(14-29)13-15(3)4/h15-20,29H,7-14H2,1-6H3,(H,26,30)(H,27,31)/t16?,17-,18-,19+,20?,24+,25?/m1/s1. The molecule has 3 N–H and O–H groups in total. The van der Waals surface area contributed by atoms with Crippen molar-refractivity contribution in [2.75, 3.05) is 13.2 Å². The third-order valence-corrected chi connectivity index (χ3v) is 7.75. The molecule has 3 unspecified atom stereocenters. The minimum Gasteiger partial charge on any atom is -0.394 e. The molecular weight excluding hydrogens is 422 g/mol. The maximum Gasteiger partial charge on any atom is 0.246 e. The first-order valence-corrected chi connectivity index (χ1v) is 12.8. The van der Waals surface area contributed by atoms with Crippen LogP contribution in [-0.4, -0.2) is 70.2 Å². The Kier molecular flexibility index (Phi) is 7.79. The fourth-order valence-corrected chi connectivity index (χ4v) is 6.46. The van der Waals surface area contributed by atoms with E-state index in [0.29, 0.717) is 25.8 Å². The van der Waals surface area contributed by atoms with Gasteiger partial charge < -0.3 is 25.4 Å². The van der Waals surface area contributed by atoms with Crippen LogP contribution in [0.15, 0.2) is 0 Å². The second-order valence-electron chi connectivity index (χ2n) is 10.9. The molecule has 188 valence electrons. The number of carbonyl (C=O) groups is 3. The number of aliphatic hydroxyl groups is 1. The summed E-state index contributed by atoms with van der Waals surface area (Å²) in [6.07, 6.45) is 4.31. The van der Waals surface area contributed by atoms with Gasteiger partial charge >= 0.3 is 0 Å². The molecule has 1 spiro atoms. The van der Waals surface area contributed by atoms with Gasteiger partial charge in [-0.2, -0.15) is 0 Å². The van der Waals surface area contributed by atoms with Crippen molar-refractivity contribution in [2.45, 2.75) is 109 Å². The fourth-order valence-electron chi connectivity index (χ4n) is 6.46. The van der Waals surface area contributed by atoms with Crippen LogP contribution in [0.4, 0.5) is 0 Å². The van der Waals surface area contributed by atoms with Crippen LogP contribution in [0.3, 0.4) is 0 Å². The average molecular weight is 466 g/mol. The molecule has 3 saturated heterocycles. The molecule has 0 aromatic heterocycles. The highest BCUT2D eigenvalue weighted by molar-refractivity contribution is 5.99. The van der Waals surface area contributed by atoms with Crippen LogP contribution >= 0.6 is 0 Å². The van der Waals surface area contributed by atoms with Crippen LogP contribution < -0.4 is 10.6 Å². The van der Waals surface area contributed by atoms with Gasteiger partial charge in [-0.25, -0.2) is 0 Å². The summed E-state index contributed by atoms with van der Waals surface area (Å²) in [7, 11) is 0. The lowest BCUT2D eigenvalue weighted by Crippen LogP contribution is -2.59. The van der Waals surface area contributed by atoms with E-state index in [-0.39, 0.29) is 36.3 Å². The number of nitrogens with one attached hydrogen (secondary N) is 2. The van der Waals surface area contributed by atoms with E-state index in [9.17, 15) is 19.5 Å². The van der Waals surface area contributed by atoms with E-state index in [4.69, 9.17) is 4.74 Å². The number of likely N-dealkylation sites (tertiary alicyclic amines) is 1. The van der Waals surface area contributed by atoms with E-state index in [2.05, 4.69) is 17.6 Å². The Morgan fingerprint density at radius 3 is 2.45 bits per heavy atom. The molecule has 3 fully saturated rings. The average Bonchev–Trinajstić information content (AvgIpc) is 3.31. The van der Waals surface area contributed by atoms with Crippen molar-refractivity contribution in [3.8, 4) is 0 Å². The maximum atomic E-state index is 14.0. The molecule has 3 heterocycles. The van der Waals surface area contributed by atoms with Crippen molar-refractivity contribution in [3.05, 3.63) is 0 Å². The van der Waals surface area contributed by atoms with E-state index < -0.39 is 35.1 Å². The zero-order valence-electron chi connectivity index (χ0n) is 21.1. The van der Waals surface area contributed by atoms with Crippen molar-refractivity contribution in [2.24, 2.45) is 17.8 Å². The van der Waals surface area contributed by atoms with Gasteiger partial charge in [0.1, 0.15) is 11.6 Å². The van der Waals surface area contributed by atoms with Crippen molar-refractivity contribution in [3.63, 3.8) is 0 Å². The van der Waals surface area contributed by atoms with Crippen molar-refractivity contribution in [1.82, 2.24) is 15.5 Å². The van der Waals surface area contributed by atoms with E-state index in [0.717, 1.165) is 19.3 Å². The highest BCUT2D eigenvalue weighted by Gasteiger charge is 2.78. The smallest absolute Gasteiger partial charge is 0.246 e. The third kappa shape index (κ3) is 4.41. The highest BCUT2D eigenvalue weighted by atomic mass is 16.5. The van der Waals surface area contributed by atoms with Crippen LogP contribution in [0, 0.1) is 17.8 Å². The number of fused-ring (bicyclic) bond motifs is 1. The number of amides is 3. The van der Waals surface area contributed by atoms with Gasteiger partial charge in [0.05, 0.1) is 30.1 Å². The molecule has 0 aliphatic carbocycles. The topological polar surface area (TPSA) is 108 Å². The first-order chi connectivity index (χ1) is 15.6. The summed E-state index contributed by atoms with van der Waals surface area (Å²) in [6, 6.07) is -1.38. The number of nitrogens with zero attached hydrogens (tertiary/aromatic N) is 1. The SMILES string of the molecule is CCCNC(=O)[C@H]1[C@H]2C(=O)N([C@@H](CO)CC(C)C)C(C(=O)NC(C)CCC)C23CC[C@]1(C)O3. The summed E-state index contributed by atoms with van der Waals surface area (Å²) < 4.78 is 6.59. The lowest BCUT2D eigenvalue weighted by atomic mass is 9.66. The molecule has 2 bridgehead atoms. The lowest BCUT2D eigenvalue weighted by molar-refractivity contribution is -0.150. The monoisotopic (exact) mass is 465 g/mol. The lowest BCUT2D eigenvalue weighted by Gasteiger charge is -2.38. The van der Waals surface area contributed by atoms with Gasteiger partial charge in [0.15, 0.2) is 0 Å². The second kappa shape index (κ2) is 9.90. The molecule has 0 saturated carbocycles. The van der Waals surface area contributed by atoms with E-state index in [1.807, 2.05) is 34.6 Å². The summed E-state index contributed by atoms with van der Waals surface area (Å²) >= 11 is 0. The van der Waals surface area contributed by atoms with Crippen LogP contribution in [0.5, 0.6) is 0 Å². The Balaban J connectivity index is 2.04. The number of carbonyl (C=O) groups excluding carboxylic acids is 3. The van der Waals surface area contributed by atoms with Crippen molar-refractivity contribution >= 4 is 17.7 Å². The molecule has 3 aliphatic heterocycles. The van der Waals surface area contributed by atoms with Gasteiger partial charge in [-0.1, -0.05) is 34.1 Å². The highest BCUT2D eigenvalue weighted by Crippen LogP contribution is 2.63. The molecule has 8 heteroatoms. The van der Waals surface area contributed by atoms with Crippen LogP contribution in [0.25, 0.3) is 0 Å². The van der Waals surface area contributed by atoms with Gasteiger partial charge in [-0.3, -0.25) is 14.4 Å². The molecular formula is C25H43N3O5. The zero-order chi connectivity index (χ0) is 24.6. The molecule has 0 aromatic rings. The Hall–Kier alpha value is -1.67. The van der Waals surface area contributed by atoms with Gasteiger partial charge in [-0.05, 0) is 51.9 Å². The van der Waals surface area contributed by atoms with Gasteiger partial charge in [0, 0.05) is 12.6 Å². The Bertz CT molecular complexity index is 758. The van der Waals surface area contributed by atoms with E-state index >= 15 is 0 Å². The second-order valence-corrected chi connectivity index (χ2v) is 10.9. The molecule has 0 aromatic carbocycles. The Morgan fingerprint density at radius 1 is 1.18 bits per heavy atom. The number of hydrogen-bond donors (Lipinski definition) is 3. The summed E-state index contributed by atoms with van der Waals surface area (Å²) in [5.74, 6) is -1.78. The normalized spacial score (nSPS) is 34.5. The fraction of sp³-hybridized carbons (Fsp3) is 0.880. The van der Waals surface area contributed by atoms with Gasteiger partial charge in [0.2, 0.25) is 17.7 Å². The van der Waals surface area contributed by atoms with Crippen LogP contribution in [0.2, 0.25) is 0 Å². The Labute approximate surface area is 198 Å². The predicted octanol–water partition coefficient (Wildman–Crippen LogP) is 1.99. The minimum absolute atomic E-state index is 0.0367. The summed E-state index contributed by atoms with van der Waals surface area (Å²) in [6.45, 7) is 12.3. The van der Waals surface area contributed by atoms with E-state index in [1.165, 1.54) is 0 Å². The quantitative estimate of drug-likeness (QED) is 0.433. The number of hydrogen-bond acceptors (Lipinski definition) is 5. The number of aliphatic hydroxyl groups excluding tert-OH is 1. The predicted molar refractivity (Wildman–Crippen MR) is 125 cm³/mol. The van der Waals surface area contributed by atoms with Crippen molar-refractivity contribution < 1.29 is 24.2 Å². The first-order valence-electron chi connectivity index (χ1n) is 12.8. The summed E-state index contributed by atoms with van der Waals surface area (Å²) in [5.41, 5.74) is -1.81. The minimum atomic E-state index is -1.04. The van der Waals surface area contributed by atoms with Crippen molar-refractivity contribution in [1.29, 1.82) is 0 Å². The molecule has 3 amide bonds. The molecule has 8 nitrogen and oxygen atoms in total. The summed E-state index contributed by atoms with van der Waals surface area (Å²) in [5, 5.41) is 16.3. The molecule has 7 atom stereocenters. The van der Waals surface area contributed by atoms with Gasteiger partial charge in [-0.15, -0.1) is 0 Å². The largest absolute Gasteiger partial charge is 0.394 e.